The lowest BCUT2D eigenvalue weighted by molar-refractivity contribution is 0.308. The van der Waals surface area contributed by atoms with Gasteiger partial charge in [-0.3, -0.25) is 5.01 Å². The smallest absolute Gasteiger partial charge is 0.0749 e. The first kappa shape index (κ1) is 3.95. The van der Waals surface area contributed by atoms with E-state index in [1.165, 1.54) is 5.70 Å². The number of nitrogens with zero attached hydrogens (tertiary/aromatic N) is 2. The lowest BCUT2D eigenvalue weighted by Gasteiger charge is -2.10. The molecule has 0 bridgehead atoms. The highest BCUT2D eigenvalue weighted by Crippen LogP contribution is 2.12. The zero-order valence-corrected chi connectivity index (χ0v) is 4.46. The van der Waals surface area contributed by atoms with Gasteiger partial charge in [-0.25, -0.2) is 5.53 Å². The Morgan fingerprint density at radius 1 is 1.75 bits per heavy atom. The molecule has 0 radical (unpaired) electrons. The zero-order chi connectivity index (χ0) is 5.40. The third-order valence-electron chi connectivity index (χ3n) is 1.39. The van der Waals surface area contributed by atoms with E-state index in [0.717, 1.165) is 13.0 Å². The normalized spacial score (nSPS) is 23.0. The number of hydrogen-bond acceptors (Lipinski definition) is 3. The van der Waals surface area contributed by atoms with E-state index in [2.05, 4.69) is 16.7 Å². The Bertz CT molecular complexity index is 159. The minimum absolute atomic E-state index is 1.06. The Balaban J connectivity index is 2.31. The summed E-state index contributed by atoms with van der Waals surface area (Å²) in [6.45, 7) is 1.06. The van der Waals surface area contributed by atoms with Crippen molar-refractivity contribution in [2.45, 2.75) is 6.42 Å². The standard InChI is InChI=1S/C5H7N3/c1-2-5-4-6-7-8(5)3-1/h2,4,7H,1,3H2. The van der Waals surface area contributed by atoms with Gasteiger partial charge >= 0.3 is 0 Å². The fraction of sp³-hybridized carbons (Fsp3) is 0.400. The number of hydrazone groups is 1. The van der Waals surface area contributed by atoms with Gasteiger partial charge in [0.25, 0.3) is 0 Å². The van der Waals surface area contributed by atoms with Gasteiger partial charge in [-0.2, -0.15) is 5.10 Å². The molecule has 0 aromatic rings. The van der Waals surface area contributed by atoms with Crippen LogP contribution >= 0.6 is 0 Å². The zero-order valence-electron chi connectivity index (χ0n) is 4.46. The van der Waals surface area contributed by atoms with Crippen LogP contribution in [0.2, 0.25) is 0 Å². The molecule has 0 aromatic heterocycles. The third-order valence-corrected chi connectivity index (χ3v) is 1.39. The molecule has 2 aliphatic rings. The summed E-state index contributed by atoms with van der Waals surface area (Å²) in [7, 11) is 0. The molecule has 2 heterocycles. The van der Waals surface area contributed by atoms with Crippen LogP contribution in [-0.4, -0.2) is 17.8 Å². The van der Waals surface area contributed by atoms with Crippen LogP contribution in [0.5, 0.6) is 0 Å². The molecule has 0 fully saturated rings. The molecule has 0 unspecified atom stereocenters. The number of allylic oxidation sites excluding steroid dienone is 1. The molecule has 0 atom stereocenters. The average Bonchev–Trinajstić information content (AvgIpc) is 2.15. The quantitative estimate of drug-likeness (QED) is 0.477. The summed E-state index contributed by atoms with van der Waals surface area (Å²) in [5, 5.41) is 5.88. The summed E-state index contributed by atoms with van der Waals surface area (Å²) in [5.41, 5.74) is 4.07. The van der Waals surface area contributed by atoms with Crippen LogP contribution in [0.4, 0.5) is 0 Å². The van der Waals surface area contributed by atoms with Gasteiger partial charge in [0.1, 0.15) is 0 Å². The van der Waals surface area contributed by atoms with Crippen LogP contribution in [0, 0.1) is 0 Å². The van der Waals surface area contributed by atoms with E-state index >= 15 is 0 Å². The number of rotatable bonds is 0. The largest absolute Gasteiger partial charge is 0.271 e. The summed E-state index contributed by atoms with van der Waals surface area (Å²) in [6, 6.07) is 0. The maximum absolute atomic E-state index is 3.85. The number of nitrogens with one attached hydrogen (secondary N) is 1. The molecule has 2 aliphatic heterocycles. The van der Waals surface area contributed by atoms with Crippen molar-refractivity contribution in [3.8, 4) is 0 Å². The predicted octanol–water partition coefficient (Wildman–Crippen LogP) is 0.0800. The monoisotopic (exact) mass is 109 g/mol. The van der Waals surface area contributed by atoms with Crippen molar-refractivity contribution < 1.29 is 0 Å². The molecule has 2 rings (SSSR count). The number of hydrazine groups is 1. The van der Waals surface area contributed by atoms with E-state index in [4.69, 9.17) is 0 Å². The molecule has 0 saturated heterocycles. The van der Waals surface area contributed by atoms with Crippen molar-refractivity contribution in [2.75, 3.05) is 6.54 Å². The highest BCUT2D eigenvalue weighted by molar-refractivity contribution is 5.79. The van der Waals surface area contributed by atoms with Crippen molar-refractivity contribution in [2.24, 2.45) is 5.10 Å². The van der Waals surface area contributed by atoms with E-state index in [9.17, 15) is 0 Å². The van der Waals surface area contributed by atoms with E-state index < -0.39 is 0 Å². The van der Waals surface area contributed by atoms with Gasteiger partial charge in [0.05, 0.1) is 11.9 Å². The van der Waals surface area contributed by atoms with Gasteiger partial charge in [-0.15, -0.1) is 0 Å². The van der Waals surface area contributed by atoms with Gasteiger partial charge < -0.3 is 0 Å². The molecule has 8 heavy (non-hydrogen) atoms. The lowest BCUT2D eigenvalue weighted by Crippen LogP contribution is -2.25. The van der Waals surface area contributed by atoms with E-state index in [1.54, 1.807) is 0 Å². The maximum atomic E-state index is 3.85. The van der Waals surface area contributed by atoms with Gasteiger partial charge in [0.2, 0.25) is 0 Å². The maximum Gasteiger partial charge on any atom is 0.0749 e. The highest BCUT2D eigenvalue weighted by Gasteiger charge is 2.15. The summed E-state index contributed by atoms with van der Waals surface area (Å²) in [5.74, 6) is 0. The topological polar surface area (TPSA) is 27.6 Å². The second-order valence-corrected chi connectivity index (χ2v) is 1.93. The van der Waals surface area contributed by atoms with Crippen LogP contribution in [0.3, 0.4) is 0 Å². The third kappa shape index (κ3) is 0.358. The van der Waals surface area contributed by atoms with Crippen LogP contribution in [0.25, 0.3) is 0 Å². The summed E-state index contributed by atoms with van der Waals surface area (Å²) in [6.07, 6.45) is 5.16. The molecule has 0 aromatic carbocycles. The molecule has 3 heteroatoms. The number of hydrogen-bond donors (Lipinski definition) is 1. The fourth-order valence-corrected chi connectivity index (χ4v) is 0.976. The van der Waals surface area contributed by atoms with Gasteiger partial charge in [-0.1, -0.05) is 6.08 Å². The van der Waals surface area contributed by atoms with E-state index in [1.807, 2.05) is 11.2 Å². The number of fused-ring (bicyclic) bond motifs is 1. The summed E-state index contributed by atoms with van der Waals surface area (Å²) < 4.78 is 0. The predicted molar refractivity (Wildman–Crippen MR) is 31.0 cm³/mol. The van der Waals surface area contributed by atoms with Crippen molar-refractivity contribution >= 4 is 6.21 Å². The molecule has 0 aliphatic carbocycles. The molecule has 0 saturated carbocycles. The van der Waals surface area contributed by atoms with Crippen molar-refractivity contribution in [3.05, 3.63) is 11.8 Å². The van der Waals surface area contributed by atoms with Crippen LogP contribution in [0.15, 0.2) is 16.9 Å². The molecule has 0 amide bonds. The Morgan fingerprint density at radius 3 is 3.62 bits per heavy atom. The minimum Gasteiger partial charge on any atom is -0.271 e. The molecule has 1 N–H and O–H groups in total. The van der Waals surface area contributed by atoms with Crippen LogP contribution < -0.4 is 5.53 Å². The van der Waals surface area contributed by atoms with E-state index in [-0.39, 0.29) is 0 Å². The Hall–Kier alpha value is -0.990. The first-order valence-electron chi connectivity index (χ1n) is 2.73. The summed E-state index contributed by atoms with van der Waals surface area (Å²) >= 11 is 0. The fourth-order valence-electron chi connectivity index (χ4n) is 0.976. The Morgan fingerprint density at radius 2 is 2.75 bits per heavy atom. The van der Waals surface area contributed by atoms with Gasteiger partial charge in [-0.05, 0) is 6.42 Å². The van der Waals surface area contributed by atoms with E-state index in [0.29, 0.717) is 0 Å². The Labute approximate surface area is 47.6 Å². The first-order valence-corrected chi connectivity index (χ1v) is 2.73. The molecular weight excluding hydrogens is 102 g/mol. The lowest BCUT2D eigenvalue weighted by atomic mass is 10.4. The van der Waals surface area contributed by atoms with Crippen molar-refractivity contribution in [3.63, 3.8) is 0 Å². The summed E-state index contributed by atoms with van der Waals surface area (Å²) in [4.78, 5) is 0. The SMILES string of the molecule is C1=NNN2CCC=C12. The second kappa shape index (κ2) is 1.24. The average molecular weight is 109 g/mol. The minimum atomic E-state index is 1.06. The van der Waals surface area contributed by atoms with Gasteiger partial charge in [0, 0.05) is 6.54 Å². The molecule has 0 spiro atoms. The van der Waals surface area contributed by atoms with Crippen molar-refractivity contribution in [1.82, 2.24) is 10.5 Å². The molecule has 3 nitrogen and oxygen atoms in total. The highest BCUT2D eigenvalue weighted by atomic mass is 15.7. The molecular formula is C5H7N3. The molecule has 42 valence electrons. The Kier molecular flexibility index (Phi) is 0.614. The van der Waals surface area contributed by atoms with Crippen LogP contribution in [0.1, 0.15) is 6.42 Å². The van der Waals surface area contributed by atoms with Crippen molar-refractivity contribution in [1.29, 1.82) is 0 Å². The second-order valence-electron chi connectivity index (χ2n) is 1.93. The van der Waals surface area contributed by atoms with Crippen LogP contribution in [-0.2, 0) is 0 Å². The first-order chi connectivity index (χ1) is 3.97. The van der Waals surface area contributed by atoms with Gasteiger partial charge in [0.15, 0.2) is 0 Å².